The van der Waals surface area contributed by atoms with Crippen LogP contribution in [0.3, 0.4) is 0 Å². The van der Waals surface area contributed by atoms with E-state index in [9.17, 15) is 9.18 Å². The maximum absolute atomic E-state index is 13.4. The first-order valence-electron chi connectivity index (χ1n) is 10.5. The maximum Gasteiger partial charge on any atom is 0.280 e. The minimum Gasteiger partial charge on any atom is -0.310 e. The zero-order valence-corrected chi connectivity index (χ0v) is 17.3. The maximum atomic E-state index is 13.4. The molecule has 0 radical (unpaired) electrons. The van der Waals surface area contributed by atoms with Crippen molar-refractivity contribution >= 4 is 16.7 Å². The van der Waals surface area contributed by atoms with Crippen molar-refractivity contribution in [1.82, 2.24) is 24.4 Å². The highest BCUT2D eigenvalue weighted by Gasteiger charge is 2.29. The van der Waals surface area contributed by atoms with Crippen molar-refractivity contribution in [1.29, 1.82) is 0 Å². The third-order valence-electron chi connectivity index (χ3n) is 6.74. The number of hydrogen-bond donors (Lipinski definition) is 0. The average molecular weight is 405 g/mol. The molecule has 0 amide bonds. The van der Waals surface area contributed by atoms with Gasteiger partial charge in [0.2, 0.25) is 0 Å². The van der Waals surface area contributed by atoms with Gasteiger partial charge in [0.05, 0.1) is 11.3 Å². The molecule has 30 heavy (non-hydrogen) atoms. The van der Waals surface area contributed by atoms with Gasteiger partial charge in [0.25, 0.3) is 5.56 Å². The van der Waals surface area contributed by atoms with Crippen molar-refractivity contribution in [3.05, 3.63) is 58.4 Å². The quantitative estimate of drug-likeness (QED) is 0.491. The third-order valence-corrected chi connectivity index (χ3v) is 6.74. The SMILES string of the molecule is Cc1nn2c(nnc3c(=O)n([C@H]4CCC[C@H](C)[C@@H]4C)ccc32)c1-c1ccc(F)cc1. The first-order chi connectivity index (χ1) is 14.5. The van der Waals surface area contributed by atoms with Gasteiger partial charge in [-0.3, -0.25) is 4.79 Å². The summed E-state index contributed by atoms with van der Waals surface area (Å²) in [5.41, 5.74) is 3.76. The van der Waals surface area contributed by atoms with Crippen LogP contribution in [0.15, 0.2) is 41.3 Å². The number of benzene rings is 1. The van der Waals surface area contributed by atoms with E-state index >= 15 is 0 Å². The van der Waals surface area contributed by atoms with E-state index in [0.29, 0.717) is 28.5 Å². The Morgan fingerprint density at radius 2 is 1.83 bits per heavy atom. The molecule has 0 aliphatic heterocycles. The van der Waals surface area contributed by atoms with E-state index in [1.165, 1.54) is 18.6 Å². The van der Waals surface area contributed by atoms with Crippen LogP contribution in [-0.4, -0.2) is 24.4 Å². The van der Waals surface area contributed by atoms with Crippen molar-refractivity contribution in [3.63, 3.8) is 0 Å². The van der Waals surface area contributed by atoms with Gasteiger partial charge in [-0.1, -0.05) is 38.8 Å². The van der Waals surface area contributed by atoms with E-state index in [1.54, 1.807) is 16.6 Å². The molecule has 6 nitrogen and oxygen atoms in total. The van der Waals surface area contributed by atoms with Gasteiger partial charge in [-0.15, -0.1) is 10.2 Å². The molecule has 1 aliphatic carbocycles. The molecular weight excluding hydrogens is 381 g/mol. The Bertz CT molecular complexity index is 1310. The van der Waals surface area contributed by atoms with Gasteiger partial charge in [-0.05, 0) is 48.9 Å². The summed E-state index contributed by atoms with van der Waals surface area (Å²) in [4.78, 5) is 13.3. The molecule has 3 heterocycles. The molecule has 7 heteroatoms. The summed E-state index contributed by atoms with van der Waals surface area (Å²) in [7, 11) is 0. The summed E-state index contributed by atoms with van der Waals surface area (Å²) in [5, 5.41) is 13.3. The molecule has 4 aromatic rings. The van der Waals surface area contributed by atoms with Crippen molar-refractivity contribution in [2.45, 2.75) is 46.1 Å². The van der Waals surface area contributed by atoms with Crippen LogP contribution in [-0.2, 0) is 0 Å². The van der Waals surface area contributed by atoms with Crippen LogP contribution in [0.5, 0.6) is 0 Å². The van der Waals surface area contributed by atoms with E-state index in [-0.39, 0.29) is 17.4 Å². The number of pyridine rings is 1. The number of nitrogens with zero attached hydrogens (tertiary/aromatic N) is 5. The van der Waals surface area contributed by atoms with E-state index in [4.69, 9.17) is 0 Å². The number of aryl methyl sites for hydroxylation is 1. The first kappa shape index (κ1) is 18.9. The predicted octanol–water partition coefficient (Wildman–Crippen LogP) is 4.55. The smallest absolute Gasteiger partial charge is 0.280 e. The Balaban J connectivity index is 1.68. The van der Waals surface area contributed by atoms with E-state index in [1.807, 2.05) is 23.8 Å². The second kappa shape index (κ2) is 7.00. The molecule has 154 valence electrons. The average Bonchev–Trinajstić information content (AvgIpc) is 3.08. The van der Waals surface area contributed by atoms with Gasteiger partial charge in [0.15, 0.2) is 11.2 Å². The second-order valence-corrected chi connectivity index (χ2v) is 8.50. The zero-order chi connectivity index (χ0) is 21.0. The van der Waals surface area contributed by atoms with Crippen molar-refractivity contribution in [3.8, 4) is 11.1 Å². The minimum atomic E-state index is -0.295. The lowest BCUT2D eigenvalue weighted by Crippen LogP contribution is -2.34. The summed E-state index contributed by atoms with van der Waals surface area (Å²) in [6.07, 6.45) is 5.21. The van der Waals surface area contributed by atoms with Gasteiger partial charge in [-0.25, -0.2) is 8.91 Å². The molecule has 0 unspecified atom stereocenters. The highest BCUT2D eigenvalue weighted by atomic mass is 19.1. The molecule has 1 aromatic carbocycles. The monoisotopic (exact) mass is 405 g/mol. The molecule has 0 bridgehead atoms. The number of fused-ring (bicyclic) bond motifs is 3. The lowest BCUT2D eigenvalue weighted by molar-refractivity contribution is 0.183. The van der Waals surface area contributed by atoms with Crippen LogP contribution in [0.4, 0.5) is 4.39 Å². The summed E-state index contributed by atoms with van der Waals surface area (Å²) in [6.45, 7) is 6.37. The van der Waals surface area contributed by atoms with Gasteiger partial charge < -0.3 is 4.57 Å². The molecule has 1 aliphatic rings. The number of aromatic nitrogens is 5. The molecular formula is C23H24FN5O. The van der Waals surface area contributed by atoms with Crippen molar-refractivity contribution in [2.24, 2.45) is 11.8 Å². The van der Waals surface area contributed by atoms with Crippen molar-refractivity contribution in [2.75, 3.05) is 0 Å². The molecule has 0 saturated heterocycles. The fourth-order valence-corrected chi connectivity index (χ4v) is 4.83. The fraction of sp³-hybridized carbons (Fsp3) is 0.391. The van der Waals surface area contributed by atoms with E-state index in [2.05, 4.69) is 29.1 Å². The predicted molar refractivity (Wildman–Crippen MR) is 114 cm³/mol. The highest BCUT2D eigenvalue weighted by molar-refractivity contribution is 5.84. The normalized spacial score (nSPS) is 22.1. The molecule has 0 spiro atoms. The highest BCUT2D eigenvalue weighted by Crippen LogP contribution is 2.37. The molecule has 5 rings (SSSR count). The fourth-order valence-electron chi connectivity index (χ4n) is 4.83. The van der Waals surface area contributed by atoms with Gasteiger partial charge in [0.1, 0.15) is 11.3 Å². The number of rotatable bonds is 2. The summed E-state index contributed by atoms with van der Waals surface area (Å²) >= 11 is 0. The zero-order valence-electron chi connectivity index (χ0n) is 17.3. The van der Waals surface area contributed by atoms with Gasteiger partial charge in [0, 0.05) is 12.2 Å². The van der Waals surface area contributed by atoms with E-state index in [0.717, 1.165) is 29.7 Å². The van der Waals surface area contributed by atoms with Crippen molar-refractivity contribution < 1.29 is 4.39 Å². The lowest BCUT2D eigenvalue weighted by Gasteiger charge is -2.35. The Labute approximate surface area is 173 Å². The van der Waals surface area contributed by atoms with Crippen LogP contribution in [0.25, 0.3) is 27.8 Å². The Hall–Kier alpha value is -3.09. The summed E-state index contributed by atoms with van der Waals surface area (Å²) < 4.78 is 16.9. The minimum absolute atomic E-state index is 0.121. The molecule has 1 saturated carbocycles. The summed E-state index contributed by atoms with van der Waals surface area (Å²) in [5.74, 6) is 0.728. The lowest BCUT2D eigenvalue weighted by atomic mass is 9.78. The third kappa shape index (κ3) is 2.83. The van der Waals surface area contributed by atoms with Crippen LogP contribution < -0.4 is 5.56 Å². The Morgan fingerprint density at radius 3 is 2.60 bits per heavy atom. The van der Waals surface area contributed by atoms with Crippen LogP contribution >= 0.6 is 0 Å². The Kier molecular flexibility index (Phi) is 4.41. The molecule has 0 N–H and O–H groups in total. The van der Waals surface area contributed by atoms with Crippen LogP contribution in [0.2, 0.25) is 0 Å². The van der Waals surface area contributed by atoms with E-state index < -0.39 is 0 Å². The first-order valence-corrected chi connectivity index (χ1v) is 10.5. The van der Waals surface area contributed by atoms with Crippen LogP contribution in [0.1, 0.15) is 44.8 Å². The number of halogens is 1. The molecule has 3 atom stereocenters. The largest absolute Gasteiger partial charge is 0.310 e. The molecule has 3 aromatic heterocycles. The van der Waals surface area contributed by atoms with Gasteiger partial charge >= 0.3 is 0 Å². The standard InChI is InChI=1S/C23H24FN5O/c1-13-5-4-6-18(14(13)2)28-12-11-19-21(23(28)30)25-26-22-20(15(3)27-29(19)22)16-7-9-17(24)10-8-16/h7-14,18H,4-6H2,1-3H3/t13-,14-,18-/m0/s1. The molecule has 1 fully saturated rings. The summed E-state index contributed by atoms with van der Waals surface area (Å²) in [6, 6.07) is 8.32. The number of hydrogen-bond acceptors (Lipinski definition) is 4. The second-order valence-electron chi connectivity index (χ2n) is 8.50. The van der Waals surface area contributed by atoms with Gasteiger partial charge in [-0.2, -0.15) is 5.10 Å². The topological polar surface area (TPSA) is 65.1 Å². The Morgan fingerprint density at radius 1 is 1.07 bits per heavy atom. The van der Waals surface area contributed by atoms with Crippen LogP contribution in [0, 0.1) is 24.6 Å².